The lowest BCUT2D eigenvalue weighted by atomic mass is 9.88. The molecule has 0 aromatic heterocycles. The Hall–Kier alpha value is -2.87. The number of carbonyl (C=O) groups excluding carboxylic acids is 3. The van der Waals surface area contributed by atoms with Crippen molar-refractivity contribution in [3.63, 3.8) is 0 Å². The molecule has 29 heavy (non-hydrogen) atoms. The van der Waals surface area contributed by atoms with Gasteiger partial charge in [-0.05, 0) is 26.8 Å². The maximum atomic E-state index is 12.5. The lowest BCUT2D eigenvalue weighted by molar-refractivity contribution is -0.145. The van der Waals surface area contributed by atoms with Crippen molar-refractivity contribution in [2.45, 2.75) is 57.8 Å². The van der Waals surface area contributed by atoms with E-state index < -0.39 is 35.2 Å². The van der Waals surface area contributed by atoms with Crippen molar-refractivity contribution in [2.24, 2.45) is 0 Å². The normalized spacial score (nSPS) is 32.4. The van der Waals surface area contributed by atoms with Crippen LogP contribution in [0.25, 0.3) is 0 Å². The van der Waals surface area contributed by atoms with Gasteiger partial charge in [0.25, 0.3) is 0 Å². The molecule has 0 fully saturated rings. The van der Waals surface area contributed by atoms with E-state index in [-0.39, 0.29) is 35.5 Å². The van der Waals surface area contributed by atoms with Gasteiger partial charge in [-0.25, -0.2) is 9.59 Å². The molecule has 0 aromatic carbocycles. The average molecular weight is 404 g/mol. The fourth-order valence-corrected chi connectivity index (χ4v) is 3.47. The molecule has 0 saturated heterocycles. The Balaban J connectivity index is 2.14. The van der Waals surface area contributed by atoms with Crippen LogP contribution in [0.2, 0.25) is 0 Å². The molecule has 8 nitrogen and oxygen atoms in total. The predicted octanol–water partition coefficient (Wildman–Crippen LogP) is 1.99. The first kappa shape index (κ1) is 20.9. The van der Waals surface area contributed by atoms with E-state index in [4.69, 9.17) is 18.9 Å². The van der Waals surface area contributed by atoms with Gasteiger partial charge in [-0.1, -0.05) is 6.58 Å². The minimum Gasteiger partial charge on any atom is -0.485 e. The number of aliphatic hydroxyl groups is 1. The first-order valence-corrected chi connectivity index (χ1v) is 9.22. The third-order valence-corrected chi connectivity index (χ3v) is 4.97. The van der Waals surface area contributed by atoms with Crippen LogP contribution in [0, 0.1) is 0 Å². The zero-order valence-electron chi connectivity index (χ0n) is 16.9. The molecule has 3 aliphatic rings. The smallest absolute Gasteiger partial charge is 0.343 e. The zero-order valence-corrected chi connectivity index (χ0v) is 16.9. The number of esters is 3. The van der Waals surface area contributed by atoms with Crippen molar-refractivity contribution in [1.82, 2.24) is 0 Å². The summed E-state index contributed by atoms with van der Waals surface area (Å²) in [6.45, 7) is 9.27. The maximum absolute atomic E-state index is 12.5. The molecule has 3 aliphatic heterocycles. The number of ether oxygens (including phenoxy) is 4. The van der Waals surface area contributed by atoms with Crippen LogP contribution in [-0.2, 0) is 33.3 Å². The Morgan fingerprint density at radius 1 is 1.34 bits per heavy atom. The molecule has 0 unspecified atom stereocenters. The van der Waals surface area contributed by atoms with Crippen molar-refractivity contribution >= 4 is 17.9 Å². The van der Waals surface area contributed by atoms with Gasteiger partial charge in [-0.2, -0.15) is 0 Å². The highest BCUT2D eigenvalue weighted by Crippen LogP contribution is 2.44. The molecule has 2 bridgehead atoms. The van der Waals surface area contributed by atoms with Gasteiger partial charge in [0, 0.05) is 37.0 Å². The first-order valence-electron chi connectivity index (χ1n) is 9.22. The average Bonchev–Trinajstić information content (AvgIpc) is 3.12. The van der Waals surface area contributed by atoms with Crippen molar-refractivity contribution < 1.29 is 38.4 Å². The summed E-state index contributed by atoms with van der Waals surface area (Å²) in [4.78, 5) is 36.1. The van der Waals surface area contributed by atoms with E-state index in [2.05, 4.69) is 6.58 Å². The number of hydrogen-bond donors (Lipinski definition) is 1. The topological polar surface area (TPSA) is 108 Å². The minimum atomic E-state index is -1.48. The number of rotatable bonds is 4. The van der Waals surface area contributed by atoms with Crippen LogP contribution >= 0.6 is 0 Å². The van der Waals surface area contributed by atoms with Gasteiger partial charge in [0.15, 0.2) is 0 Å². The lowest BCUT2D eigenvalue weighted by Crippen LogP contribution is -2.36. The van der Waals surface area contributed by atoms with Gasteiger partial charge < -0.3 is 24.1 Å². The van der Waals surface area contributed by atoms with Crippen LogP contribution in [-0.4, -0.2) is 46.9 Å². The fraction of sp³-hybridized carbons (Fsp3) is 0.476. The largest absolute Gasteiger partial charge is 0.485 e. The maximum Gasteiger partial charge on any atom is 0.343 e. The van der Waals surface area contributed by atoms with Gasteiger partial charge >= 0.3 is 17.9 Å². The molecule has 8 heteroatoms. The molecule has 3 atom stereocenters. The molecular weight excluding hydrogens is 380 g/mol. The molecule has 0 amide bonds. The summed E-state index contributed by atoms with van der Waals surface area (Å²) in [5.74, 6) is -1.46. The molecule has 0 spiro atoms. The van der Waals surface area contributed by atoms with E-state index in [0.717, 1.165) is 0 Å². The standard InChI is InChI=1S/C21H24O8/c1-11(2)18(23)27-15-9-21(5,25)16-6-7-20(4,29-16)8-14-17(15)13(19(24)28-14)10-26-12(3)22/h6,8,15,25H,1,7,9-10H2,2-5H3/b14-8+/t15-,20-,21+/m0/s1. The third-order valence-electron chi connectivity index (χ3n) is 4.97. The van der Waals surface area contributed by atoms with E-state index in [1.54, 1.807) is 26.0 Å². The van der Waals surface area contributed by atoms with E-state index in [1.165, 1.54) is 13.8 Å². The van der Waals surface area contributed by atoms with Gasteiger partial charge in [0.1, 0.15) is 35.4 Å². The van der Waals surface area contributed by atoms with E-state index in [9.17, 15) is 19.5 Å². The Morgan fingerprint density at radius 2 is 2.03 bits per heavy atom. The third kappa shape index (κ3) is 4.12. The summed E-state index contributed by atoms with van der Waals surface area (Å²) in [7, 11) is 0. The molecule has 3 heterocycles. The Kier molecular flexibility index (Phi) is 5.17. The van der Waals surface area contributed by atoms with Gasteiger partial charge in [0.2, 0.25) is 0 Å². The van der Waals surface area contributed by atoms with Crippen LogP contribution in [0.1, 0.15) is 40.5 Å². The molecule has 156 valence electrons. The summed E-state index contributed by atoms with van der Waals surface area (Å²) in [5.41, 5.74) is -1.87. The first-order chi connectivity index (χ1) is 13.4. The van der Waals surface area contributed by atoms with Crippen LogP contribution in [0.4, 0.5) is 0 Å². The van der Waals surface area contributed by atoms with Crippen molar-refractivity contribution in [2.75, 3.05) is 6.61 Å². The Labute approximate surface area is 168 Å². The highest BCUT2D eigenvalue weighted by atomic mass is 16.6. The second kappa shape index (κ2) is 7.18. The van der Waals surface area contributed by atoms with Crippen LogP contribution < -0.4 is 0 Å². The molecule has 0 aliphatic carbocycles. The molecule has 3 rings (SSSR count). The molecule has 0 aromatic rings. The highest BCUT2D eigenvalue weighted by Gasteiger charge is 2.47. The summed E-state index contributed by atoms with van der Waals surface area (Å²) >= 11 is 0. The van der Waals surface area contributed by atoms with Gasteiger partial charge in [0.05, 0.1) is 5.57 Å². The molecule has 0 saturated carbocycles. The zero-order chi connectivity index (χ0) is 21.6. The number of hydrogen-bond acceptors (Lipinski definition) is 8. The predicted molar refractivity (Wildman–Crippen MR) is 100.0 cm³/mol. The number of carbonyl (C=O) groups is 3. The summed E-state index contributed by atoms with van der Waals surface area (Å²) in [5, 5.41) is 11.1. The van der Waals surface area contributed by atoms with Crippen molar-refractivity contribution in [3.05, 3.63) is 47.0 Å². The summed E-state index contributed by atoms with van der Waals surface area (Å²) in [6, 6.07) is 0. The monoisotopic (exact) mass is 404 g/mol. The quantitative estimate of drug-likeness (QED) is 0.431. The highest BCUT2D eigenvalue weighted by molar-refractivity contribution is 5.96. The minimum absolute atomic E-state index is 0.0529. The molecule has 1 N–H and O–H groups in total. The van der Waals surface area contributed by atoms with Crippen LogP contribution in [0.5, 0.6) is 0 Å². The Bertz CT molecular complexity index is 888. The SMILES string of the molecule is C=C(C)C(=O)O[C@H]1C[C@@](C)(O)C2=CC[C@@](C)(/C=C3/OC(=O)C(COC(C)=O)=C31)O2. The van der Waals surface area contributed by atoms with Gasteiger partial charge in [-0.15, -0.1) is 0 Å². The lowest BCUT2D eigenvalue weighted by Gasteiger charge is -2.30. The van der Waals surface area contributed by atoms with Crippen molar-refractivity contribution in [3.8, 4) is 0 Å². The fourth-order valence-electron chi connectivity index (χ4n) is 3.47. The van der Waals surface area contributed by atoms with E-state index >= 15 is 0 Å². The molecule has 0 radical (unpaired) electrons. The second-order valence-corrected chi connectivity index (χ2v) is 7.91. The van der Waals surface area contributed by atoms with Crippen molar-refractivity contribution in [1.29, 1.82) is 0 Å². The molecular formula is C21H24O8. The van der Waals surface area contributed by atoms with Gasteiger partial charge in [-0.3, -0.25) is 4.79 Å². The Morgan fingerprint density at radius 3 is 2.66 bits per heavy atom. The van der Waals surface area contributed by atoms with Crippen LogP contribution in [0.15, 0.2) is 47.0 Å². The van der Waals surface area contributed by atoms with E-state index in [0.29, 0.717) is 12.2 Å². The number of fused-ring (bicyclic) bond motifs is 3. The second-order valence-electron chi connectivity index (χ2n) is 7.91. The summed E-state index contributed by atoms with van der Waals surface area (Å²) < 4.78 is 21.9. The van der Waals surface area contributed by atoms with Crippen LogP contribution in [0.3, 0.4) is 0 Å². The summed E-state index contributed by atoms with van der Waals surface area (Å²) in [6.07, 6.45) is 2.70. The van der Waals surface area contributed by atoms with E-state index in [1.807, 2.05) is 0 Å².